The van der Waals surface area contributed by atoms with Gasteiger partial charge in [0.15, 0.2) is 9.84 Å². The number of aromatic nitrogens is 2. The average molecular weight is 325 g/mol. The topological polar surface area (TPSA) is 55.2 Å². The van der Waals surface area contributed by atoms with Crippen LogP contribution in [0.2, 0.25) is 0 Å². The molecule has 6 heteroatoms. The van der Waals surface area contributed by atoms with Crippen LogP contribution in [0.15, 0.2) is 11.6 Å². The van der Waals surface area contributed by atoms with Crippen LogP contribution in [0.25, 0.3) is 0 Å². The fourth-order valence-electron chi connectivity index (χ4n) is 2.92. The third-order valence-electron chi connectivity index (χ3n) is 4.27. The lowest BCUT2D eigenvalue weighted by molar-refractivity contribution is 0.360. The highest BCUT2D eigenvalue weighted by molar-refractivity contribution is 7.91. The zero-order chi connectivity index (χ0) is 16.5. The molecule has 2 rings (SSSR count). The van der Waals surface area contributed by atoms with Gasteiger partial charge in [0.25, 0.3) is 0 Å². The molecule has 1 fully saturated rings. The van der Waals surface area contributed by atoms with Crippen molar-refractivity contribution in [3.8, 4) is 0 Å². The van der Waals surface area contributed by atoms with Crippen molar-refractivity contribution in [2.45, 2.75) is 46.7 Å². The summed E-state index contributed by atoms with van der Waals surface area (Å²) in [6.45, 7) is 10.0. The Bertz CT molecular complexity index is 670. The van der Waals surface area contributed by atoms with Crippen LogP contribution in [0, 0.1) is 13.8 Å². The van der Waals surface area contributed by atoms with Gasteiger partial charge < -0.3 is 0 Å². The van der Waals surface area contributed by atoms with Gasteiger partial charge in [-0.05, 0) is 41.2 Å². The van der Waals surface area contributed by atoms with Gasteiger partial charge >= 0.3 is 0 Å². The fraction of sp³-hybridized carbons (Fsp3) is 0.688. The number of likely N-dealkylation sites (N-methyl/N-ethyl adjacent to an activating group) is 1. The Hall–Kier alpha value is -1.14. The summed E-state index contributed by atoms with van der Waals surface area (Å²) in [6, 6.07) is 0.000498. The predicted octanol–water partition coefficient (Wildman–Crippen LogP) is 2.26. The first-order chi connectivity index (χ1) is 10.2. The quantitative estimate of drug-likeness (QED) is 0.779. The van der Waals surface area contributed by atoms with Gasteiger partial charge in [-0.2, -0.15) is 5.10 Å². The lowest BCUT2D eigenvalue weighted by Gasteiger charge is -2.16. The maximum absolute atomic E-state index is 11.7. The molecule has 0 radical (unpaired) electrons. The molecule has 0 spiro atoms. The molecule has 0 bridgehead atoms. The molecule has 2 heterocycles. The summed E-state index contributed by atoms with van der Waals surface area (Å²) in [5.74, 6) is 0.508. The Balaban J connectivity index is 2.16. The molecule has 0 N–H and O–H groups in total. The molecule has 22 heavy (non-hydrogen) atoms. The molecule has 0 aliphatic carbocycles. The van der Waals surface area contributed by atoms with E-state index in [1.54, 1.807) is 0 Å². The van der Waals surface area contributed by atoms with Crippen LogP contribution in [0.5, 0.6) is 0 Å². The standard InChI is InChI=1S/C16H27N3O2S/c1-12(2)6-8-18(5)10-16-13(3)17-19(14(16)4)15-7-9-22(20,21)11-15/h6,15H,7-11H2,1-5H3/t15-/m0/s1. The second kappa shape index (κ2) is 6.54. The highest BCUT2D eigenvalue weighted by Crippen LogP contribution is 2.27. The molecule has 1 aliphatic rings. The largest absolute Gasteiger partial charge is 0.298 e. The number of hydrogen-bond acceptors (Lipinski definition) is 4. The minimum absolute atomic E-state index is 0.000498. The van der Waals surface area contributed by atoms with Crippen molar-refractivity contribution in [3.63, 3.8) is 0 Å². The average Bonchev–Trinajstić information content (AvgIpc) is 2.90. The number of aryl methyl sites for hydroxylation is 1. The Morgan fingerprint density at radius 3 is 2.64 bits per heavy atom. The van der Waals surface area contributed by atoms with Gasteiger partial charge in [0.2, 0.25) is 0 Å². The van der Waals surface area contributed by atoms with Gasteiger partial charge in [0.05, 0.1) is 23.2 Å². The molecular formula is C16H27N3O2S. The van der Waals surface area contributed by atoms with E-state index in [-0.39, 0.29) is 17.5 Å². The number of nitrogens with zero attached hydrogens (tertiary/aromatic N) is 3. The smallest absolute Gasteiger partial charge is 0.152 e. The van der Waals surface area contributed by atoms with Gasteiger partial charge in [-0.1, -0.05) is 11.6 Å². The predicted molar refractivity (Wildman–Crippen MR) is 89.8 cm³/mol. The van der Waals surface area contributed by atoms with E-state index >= 15 is 0 Å². The Kier molecular flexibility index (Phi) is 5.12. The number of allylic oxidation sites excluding steroid dienone is 1. The monoisotopic (exact) mass is 325 g/mol. The molecule has 1 aromatic rings. The summed E-state index contributed by atoms with van der Waals surface area (Å²) in [4.78, 5) is 2.25. The van der Waals surface area contributed by atoms with E-state index in [4.69, 9.17) is 0 Å². The van der Waals surface area contributed by atoms with Gasteiger partial charge in [-0.15, -0.1) is 0 Å². The van der Waals surface area contributed by atoms with E-state index in [2.05, 4.69) is 43.9 Å². The summed E-state index contributed by atoms with van der Waals surface area (Å²) < 4.78 is 25.3. The molecule has 1 aromatic heterocycles. The van der Waals surface area contributed by atoms with Crippen molar-refractivity contribution in [2.24, 2.45) is 0 Å². The summed E-state index contributed by atoms with van der Waals surface area (Å²) in [5.41, 5.74) is 4.63. The van der Waals surface area contributed by atoms with Crippen molar-refractivity contribution < 1.29 is 8.42 Å². The molecule has 5 nitrogen and oxygen atoms in total. The van der Waals surface area contributed by atoms with Crippen molar-refractivity contribution in [2.75, 3.05) is 25.1 Å². The molecule has 0 aromatic carbocycles. The SMILES string of the molecule is CC(C)=CCN(C)Cc1c(C)nn([C@H]2CCS(=O)(=O)C2)c1C. The zero-order valence-corrected chi connectivity index (χ0v) is 15.1. The van der Waals surface area contributed by atoms with Crippen molar-refractivity contribution in [1.29, 1.82) is 0 Å². The summed E-state index contributed by atoms with van der Waals surface area (Å²) in [6.07, 6.45) is 2.88. The molecule has 0 unspecified atom stereocenters. The van der Waals surface area contributed by atoms with Gasteiger partial charge in [-0.3, -0.25) is 9.58 Å². The number of hydrogen-bond donors (Lipinski definition) is 0. The van der Waals surface area contributed by atoms with Crippen LogP contribution in [0.4, 0.5) is 0 Å². The first-order valence-corrected chi connectivity index (χ1v) is 9.58. The second-order valence-electron chi connectivity index (χ2n) is 6.63. The molecular weight excluding hydrogens is 298 g/mol. The Morgan fingerprint density at radius 1 is 1.41 bits per heavy atom. The fourth-order valence-corrected chi connectivity index (χ4v) is 4.61. The van der Waals surface area contributed by atoms with Crippen LogP contribution in [0.1, 0.15) is 43.3 Å². The van der Waals surface area contributed by atoms with Crippen LogP contribution < -0.4 is 0 Å². The van der Waals surface area contributed by atoms with Gasteiger partial charge in [0, 0.05) is 24.3 Å². The molecule has 1 saturated heterocycles. The van der Waals surface area contributed by atoms with Gasteiger partial charge in [0.1, 0.15) is 0 Å². The van der Waals surface area contributed by atoms with E-state index in [0.29, 0.717) is 6.42 Å². The van der Waals surface area contributed by atoms with E-state index in [1.807, 2.05) is 11.6 Å². The Morgan fingerprint density at radius 2 is 2.09 bits per heavy atom. The van der Waals surface area contributed by atoms with Crippen LogP contribution in [-0.2, 0) is 16.4 Å². The van der Waals surface area contributed by atoms with Crippen molar-refractivity contribution in [3.05, 3.63) is 28.6 Å². The summed E-state index contributed by atoms with van der Waals surface area (Å²) in [7, 11) is -0.791. The Labute approximate surface area is 133 Å². The van der Waals surface area contributed by atoms with Gasteiger partial charge in [-0.25, -0.2) is 8.42 Å². The van der Waals surface area contributed by atoms with Crippen molar-refractivity contribution in [1.82, 2.24) is 14.7 Å². The second-order valence-corrected chi connectivity index (χ2v) is 8.86. The van der Waals surface area contributed by atoms with Crippen LogP contribution >= 0.6 is 0 Å². The maximum Gasteiger partial charge on any atom is 0.152 e. The summed E-state index contributed by atoms with van der Waals surface area (Å²) in [5, 5.41) is 4.62. The highest BCUT2D eigenvalue weighted by Gasteiger charge is 2.31. The number of rotatable bonds is 5. The van der Waals surface area contributed by atoms with E-state index < -0.39 is 9.84 Å². The molecule has 124 valence electrons. The van der Waals surface area contributed by atoms with Crippen LogP contribution in [0.3, 0.4) is 0 Å². The first kappa shape index (κ1) is 17.2. The maximum atomic E-state index is 11.7. The lowest BCUT2D eigenvalue weighted by atomic mass is 10.1. The lowest BCUT2D eigenvalue weighted by Crippen LogP contribution is -2.19. The minimum Gasteiger partial charge on any atom is -0.298 e. The minimum atomic E-state index is -2.88. The number of sulfone groups is 1. The first-order valence-electron chi connectivity index (χ1n) is 7.76. The zero-order valence-electron chi connectivity index (χ0n) is 14.3. The normalized spacial score (nSPS) is 20.5. The van der Waals surface area contributed by atoms with E-state index in [0.717, 1.165) is 24.5 Å². The molecule has 0 amide bonds. The van der Waals surface area contributed by atoms with E-state index in [1.165, 1.54) is 11.1 Å². The van der Waals surface area contributed by atoms with E-state index in [9.17, 15) is 8.42 Å². The third-order valence-corrected chi connectivity index (χ3v) is 6.02. The molecule has 1 aliphatic heterocycles. The van der Waals surface area contributed by atoms with Crippen LogP contribution in [-0.4, -0.2) is 48.2 Å². The molecule has 1 atom stereocenters. The molecule has 0 saturated carbocycles. The third kappa shape index (κ3) is 3.98. The summed E-state index contributed by atoms with van der Waals surface area (Å²) >= 11 is 0. The van der Waals surface area contributed by atoms with Crippen molar-refractivity contribution >= 4 is 9.84 Å². The highest BCUT2D eigenvalue weighted by atomic mass is 32.2.